The number of carbonyl (C=O) groups is 2. The van der Waals surface area contributed by atoms with Crippen LogP contribution in [0.1, 0.15) is 23.0 Å². The summed E-state index contributed by atoms with van der Waals surface area (Å²) in [7, 11) is 0. The van der Waals surface area contributed by atoms with Crippen LogP contribution < -0.4 is 5.32 Å². The van der Waals surface area contributed by atoms with Crippen LogP contribution >= 0.6 is 27.3 Å². The number of nitrogens with zero attached hydrogens (tertiary/aromatic N) is 1. The Morgan fingerprint density at radius 3 is 3.00 bits per heavy atom. The number of hydrogen-bond acceptors (Lipinski definition) is 4. The normalized spacial score (nSPS) is 18.9. The van der Waals surface area contributed by atoms with Crippen LogP contribution in [0, 0.1) is 0 Å². The Labute approximate surface area is 130 Å². The van der Waals surface area contributed by atoms with Gasteiger partial charge in [0, 0.05) is 13.1 Å². The molecule has 1 fully saturated rings. The maximum absolute atomic E-state index is 12.5. The van der Waals surface area contributed by atoms with Crippen molar-refractivity contribution in [3.8, 4) is 0 Å². The highest BCUT2D eigenvalue weighted by molar-refractivity contribution is 9.11. The largest absolute Gasteiger partial charge is 0.377 e. The molecule has 1 N–H and O–H groups in total. The lowest BCUT2D eigenvalue weighted by atomic mass is 10.2. The Morgan fingerprint density at radius 1 is 1.55 bits per heavy atom. The second-order valence-electron chi connectivity index (χ2n) is 4.48. The first-order chi connectivity index (χ1) is 9.63. The molecule has 0 aliphatic carbocycles. The summed E-state index contributed by atoms with van der Waals surface area (Å²) in [6, 6.07) is 3.07. The van der Waals surface area contributed by atoms with Crippen molar-refractivity contribution in [3.05, 3.63) is 20.8 Å². The van der Waals surface area contributed by atoms with Gasteiger partial charge in [-0.1, -0.05) is 6.92 Å². The van der Waals surface area contributed by atoms with Gasteiger partial charge in [0.2, 0.25) is 5.91 Å². The van der Waals surface area contributed by atoms with Crippen molar-refractivity contribution in [1.82, 2.24) is 10.2 Å². The van der Waals surface area contributed by atoms with Gasteiger partial charge in [0.1, 0.15) is 6.04 Å². The molecule has 0 saturated carbocycles. The second-order valence-corrected chi connectivity index (χ2v) is 6.95. The van der Waals surface area contributed by atoms with E-state index in [0.29, 0.717) is 24.6 Å². The fourth-order valence-electron chi connectivity index (χ4n) is 2.00. The molecule has 110 valence electrons. The molecule has 2 amide bonds. The molecule has 1 saturated heterocycles. The summed E-state index contributed by atoms with van der Waals surface area (Å²) in [6.07, 6.45) is 0.866. The van der Waals surface area contributed by atoms with Gasteiger partial charge < -0.3 is 15.0 Å². The Bertz CT molecular complexity index is 492. The third kappa shape index (κ3) is 3.59. The van der Waals surface area contributed by atoms with E-state index in [4.69, 9.17) is 4.74 Å². The van der Waals surface area contributed by atoms with E-state index in [-0.39, 0.29) is 18.4 Å². The fraction of sp³-hybridized carbons (Fsp3) is 0.538. The summed E-state index contributed by atoms with van der Waals surface area (Å²) >= 11 is 4.72. The molecular weight excluding hydrogens is 344 g/mol. The molecule has 1 aliphatic heterocycles. The predicted octanol–water partition coefficient (Wildman–Crippen LogP) is 1.88. The molecular formula is C13H17BrN2O3S. The number of hydrogen-bond donors (Lipinski definition) is 1. The third-order valence-corrected chi connectivity index (χ3v) is 4.64. The van der Waals surface area contributed by atoms with Crippen molar-refractivity contribution < 1.29 is 14.3 Å². The maximum atomic E-state index is 12.5. The molecule has 1 aromatic rings. The average molecular weight is 361 g/mol. The number of ether oxygens (including phenoxy) is 1. The minimum Gasteiger partial charge on any atom is -0.377 e. The molecule has 5 nitrogen and oxygen atoms in total. The monoisotopic (exact) mass is 360 g/mol. The molecule has 0 bridgehead atoms. The first kappa shape index (κ1) is 15.5. The van der Waals surface area contributed by atoms with Gasteiger partial charge in [-0.3, -0.25) is 9.59 Å². The van der Waals surface area contributed by atoms with Crippen LogP contribution in [0.3, 0.4) is 0 Å². The van der Waals surface area contributed by atoms with Gasteiger partial charge in [-0.2, -0.15) is 0 Å². The number of nitrogens with one attached hydrogen (secondary N) is 1. The van der Waals surface area contributed by atoms with E-state index in [1.54, 1.807) is 11.0 Å². The summed E-state index contributed by atoms with van der Waals surface area (Å²) in [5.74, 6) is -0.254. The van der Waals surface area contributed by atoms with Gasteiger partial charge >= 0.3 is 0 Å². The second kappa shape index (κ2) is 7.19. The lowest BCUT2D eigenvalue weighted by Gasteiger charge is -2.34. The smallest absolute Gasteiger partial charge is 0.264 e. The van der Waals surface area contributed by atoms with Gasteiger partial charge in [0.25, 0.3) is 5.91 Å². The van der Waals surface area contributed by atoms with Crippen LogP contribution in [0.2, 0.25) is 0 Å². The molecule has 1 unspecified atom stereocenters. The molecule has 2 heterocycles. The van der Waals surface area contributed by atoms with Crippen molar-refractivity contribution in [3.63, 3.8) is 0 Å². The summed E-state index contributed by atoms with van der Waals surface area (Å²) < 4.78 is 6.25. The van der Waals surface area contributed by atoms with Crippen LogP contribution in [0.15, 0.2) is 15.9 Å². The first-order valence-corrected chi connectivity index (χ1v) is 8.16. The lowest BCUT2D eigenvalue weighted by Crippen LogP contribution is -2.55. The zero-order valence-electron chi connectivity index (χ0n) is 11.2. The molecule has 0 aromatic carbocycles. The standard InChI is InChI=1S/C13H17BrN2O3S/c1-2-5-15-12(17)9-8-19-7-6-16(9)13(18)10-3-4-11(14)20-10/h3-4,9H,2,5-8H2,1H3,(H,15,17). The Hall–Kier alpha value is -0.920. The quantitative estimate of drug-likeness (QED) is 0.891. The number of rotatable bonds is 4. The molecule has 20 heavy (non-hydrogen) atoms. The summed E-state index contributed by atoms with van der Waals surface area (Å²) in [4.78, 5) is 26.8. The highest BCUT2D eigenvalue weighted by Crippen LogP contribution is 2.24. The van der Waals surface area contributed by atoms with E-state index in [1.807, 2.05) is 13.0 Å². The van der Waals surface area contributed by atoms with Gasteiger partial charge in [-0.25, -0.2) is 0 Å². The number of carbonyl (C=O) groups excluding carboxylic acids is 2. The number of amides is 2. The van der Waals surface area contributed by atoms with Gasteiger partial charge in [-0.05, 0) is 34.5 Å². The number of thiophene rings is 1. The van der Waals surface area contributed by atoms with Crippen molar-refractivity contribution in [2.45, 2.75) is 19.4 Å². The van der Waals surface area contributed by atoms with Crippen molar-refractivity contribution in [1.29, 1.82) is 0 Å². The van der Waals surface area contributed by atoms with Crippen LogP contribution in [-0.4, -0.2) is 49.1 Å². The van der Waals surface area contributed by atoms with Crippen molar-refractivity contribution in [2.24, 2.45) is 0 Å². The SMILES string of the molecule is CCCNC(=O)C1COCCN1C(=O)c1ccc(Br)s1. The van der Waals surface area contributed by atoms with Crippen LogP contribution in [0.25, 0.3) is 0 Å². The predicted molar refractivity (Wildman–Crippen MR) is 81.0 cm³/mol. The minimum absolute atomic E-state index is 0.111. The molecule has 0 spiro atoms. The van der Waals surface area contributed by atoms with Crippen LogP contribution in [0.4, 0.5) is 0 Å². The average Bonchev–Trinajstić information content (AvgIpc) is 2.90. The number of halogens is 1. The molecule has 1 aliphatic rings. The van der Waals surface area contributed by atoms with E-state index in [9.17, 15) is 9.59 Å². The maximum Gasteiger partial charge on any atom is 0.264 e. The van der Waals surface area contributed by atoms with E-state index in [2.05, 4.69) is 21.2 Å². The third-order valence-electron chi connectivity index (χ3n) is 3.03. The van der Waals surface area contributed by atoms with Crippen molar-refractivity contribution >= 4 is 39.1 Å². The van der Waals surface area contributed by atoms with E-state index >= 15 is 0 Å². The molecule has 7 heteroatoms. The molecule has 1 atom stereocenters. The zero-order valence-corrected chi connectivity index (χ0v) is 13.6. The van der Waals surface area contributed by atoms with Gasteiger partial charge in [-0.15, -0.1) is 11.3 Å². The molecule has 0 radical (unpaired) electrons. The minimum atomic E-state index is -0.538. The Balaban J connectivity index is 2.10. The van der Waals surface area contributed by atoms with Gasteiger partial charge in [0.05, 0.1) is 21.9 Å². The van der Waals surface area contributed by atoms with Crippen LogP contribution in [0.5, 0.6) is 0 Å². The molecule has 1 aromatic heterocycles. The summed E-state index contributed by atoms with van der Waals surface area (Å²) in [5.41, 5.74) is 0. The highest BCUT2D eigenvalue weighted by Gasteiger charge is 2.33. The Kier molecular flexibility index (Phi) is 5.56. The highest BCUT2D eigenvalue weighted by atomic mass is 79.9. The first-order valence-electron chi connectivity index (χ1n) is 6.55. The van der Waals surface area contributed by atoms with E-state index < -0.39 is 6.04 Å². The molecule has 2 rings (SSSR count). The topological polar surface area (TPSA) is 58.6 Å². The zero-order chi connectivity index (χ0) is 14.5. The van der Waals surface area contributed by atoms with E-state index in [0.717, 1.165) is 10.2 Å². The summed E-state index contributed by atoms with van der Waals surface area (Å²) in [5, 5.41) is 2.82. The van der Waals surface area contributed by atoms with Gasteiger partial charge in [0.15, 0.2) is 0 Å². The fourth-order valence-corrected chi connectivity index (χ4v) is 3.34. The lowest BCUT2D eigenvalue weighted by molar-refractivity contribution is -0.130. The van der Waals surface area contributed by atoms with Crippen molar-refractivity contribution in [2.75, 3.05) is 26.3 Å². The number of morpholine rings is 1. The summed E-state index contributed by atoms with van der Waals surface area (Å²) in [6.45, 7) is 3.77. The van der Waals surface area contributed by atoms with Crippen LogP contribution in [-0.2, 0) is 9.53 Å². The van der Waals surface area contributed by atoms with E-state index in [1.165, 1.54) is 11.3 Å². The Morgan fingerprint density at radius 2 is 2.35 bits per heavy atom.